The van der Waals surface area contributed by atoms with Crippen LogP contribution in [0, 0.1) is 0 Å². The van der Waals surface area contributed by atoms with Crippen molar-refractivity contribution in [1.29, 1.82) is 0 Å². The van der Waals surface area contributed by atoms with Gasteiger partial charge >= 0.3 is 0 Å². The van der Waals surface area contributed by atoms with Gasteiger partial charge in [-0.3, -0.25) is 9.68 Å². The third-order valence-electron chi connectivity index (χ3n) is 1.91. The Balaban J connectivity index is 2.54. The Morgan fingerprint density at radius 1 is 1.21 bits per heavy atom. The van der Waals surface area contributed by atoms with Gasteiger partial charge in [-0.2, -0.15) is 0 Å². The van der Waals surface area contributed by atoms with Crippen LogP contribution < -0.4 is 0 Å². The molecule has 1 aromatic rings. The van der Waals surface area contributed by atoms with Crippen LogP contribution in [0.25, 0.3) is 0 Å². The van der Waals surface area contributed by atoms with E-state index >= 15 is 0 Å². The molecule has 0 bridgehead atoms. The van der Waals surface area contributed by atoms with Crippen molar-refractivity contribution in [2.45, 2.75) is 6.10 Å². The molecule has 0 aliphatic carbocycles. The molecule has 0 spiro atoms. The Morgan fingerprint density at radius 3 is 2.29 bits per heavy atom. The van der Waals surface area contributed by atoms with E-state index in [1.165, 1.54) is 19.4 Å². The summed E-state index contributed by atoms with van der Waals surface area (Å²) < 4.78 is 0. The molecule has 0 aliphatic heterocycles. The monoisotopic (exact) mass is 197 g/mol. The van der Waals surface area contributed by atoms with Crippen molar-refractivity contribution in [2.24, 2.45) is 0 Å². The Hall–Kier alpha value is -0.940. The highest BCUT2D eigenvalue weighted by atomic mass is 16.9. The summed E-state index contributed by atoms with van der Waals surface area (Å²) in [5, 5.41) is 11.0. The fourth-order valence-electron chi connectivity index (χ4n) is 1.15. The summed E-state index contributed by atoms with van der Waals surface area (Å²) in [7, 11) is 2.97. The molecule has 0 fully saturated rings. The molecule has 0 heterocycles. The minimum Gasteiger partial charge on any atom is -0.387 e. The van der Waals surface area contributed by atoms with E-state index in [1.54, 1.807) is 0 Å². The predicted octanol–water partition coefficient (Wildman–Crippen LogP) is 1.14. The van der Waals surface area contributed by atoms with Crippen molar-refractivity contribution >= 4 is 0 Å². The zero-order valence-corrected chi connectivity index (χ0v) is 8.38. The Bertz CT molecular complexity index is 249. The lowest BCUT2D eigenvalue weighted by molar-refractivity contribution is -0.349. The predicted molar refractivity (Wildman–Crippen MR) is 52.1 cm³/mol. The van der Waals surface area contributed by atoms with Crippen LogP contribution in [0.1, 0.15) is 11.7 Å². The second-order valence-electron chi connectivity index (χ2n) is 2.81. The van der Waals surface area contributed by atoms with Crippen LogP contribution in [0.15, 0.2) is 30.3 Å². The summed E-state index contributed by atoms with van der Waals surface area (Å²) >= 11 is 0. The van der Waals surface area contributed by atoms with Crippen molar-refractivity contribution < 1.29 is 14.8 Å². The first-order chi connectivity index (χ1) is 6.77. The molecule has 78 valence electrons. The summed E-state index contributed by atoms with van der Waals surface area (Å²) in [6, 6.07) is 9.37. The van der Waals surface area contributed by atoms with Crippen molar-refractivity contribution in [3.8, 4) is 0 Å². The molecular weight excluding hydrogens is 182 g/mol. The number of aliphatic hydroxyl groups is 1. The van der Waals surface area contributed by atoms with Crippen LogP contribution in [-0.4, -0.2) is 31.1 Å². The van der Waals surface area contributed by atoms with Crippen molar-refractivity contribution in [3.05, 3.63) is 35.9 Å². The third-order valence-corrected chi connectivity index (χ3v) is 1.91. The van der Waals surface area contributed by atoms with E-state index in [-0.39, 0.29) is 6.54 Å². The lowest BCUT2D eigenvalue weighted by atomic mass is 10.1. The highest BCUT2D eigenvalue weighted by Gasteiger charge is 2.12. The molecular formula is C10H15NO3. The van der Waals surface area contributed by atoms with Gasteiger partial charge in [0, 0.05) is 0 Å². The van der Waals surface area contributed by atoms with Crippen molar-refractivity contribution in [3.63, 3.8) is 0 Å². The van der Waals surface area contributed by atoms with Gasteiger partial charge in [0.25, 0.3) is 0 Å². The average Bonchev–Trinajstić information content (AvgIpc) is 2.26. The molecule has 14 heavy (non-hydrogen) atoms. The maximum absolute atomic E-state index is 9.75. The molecule has 0 radical (unpaired) electrons. The molecule has 1 N–H and O–H groups in total. The van der Waals surface area contributed by atoms with Gasteiger partial charge in [0.2, 0.25) is 0 Å². The summed E-state index contributed by atoms with van der Waals surface area (Å²) in [5.41, 5.74) is 0.839. The summed E-state index contributed by atoms with van der Waals surface area (Å²) in [5.74, 6) is 0. The number of hydrogen-bond donors (Lipinski definition) is 1. The minimum atomic E-state index is -0.615. The Kier molecular flexibility index (Phi) is 4.55. The van der Waals surface area contributed by atoms with E-state index in [1.807, 2.05) is 30.3 Å². The first kappa shape index (κ1) is 11.1. The smallest absolute Gasteiger partial charge is 0.0965 e. The highest BCUT2D eigenvalue weighted by Crippen LogP contribution is 2.13. The number of rotatable bonds is 5. The molecule has 0 saturated carbocycles. The number of nitrogens with zero attached hydrogens (tertiary/aromatic N) is 1. The van der Waals surface area contributed by atoms with E-state index in [4.69, 9.17) is 9.68 Å². The number of aliphatic hydroxyl groups excluding tert-OH is 1. The standard InChI is InChI=1S/C10H15NO3/c1-13-11(14-2)8-10(12)9-6-4-3-5-7-9/h3-7,10,12H,8H2,1-2H3. The van der Waals surface area contributed by atoms with Gasteiger partial charge in [0.05, 0.1) is 26.9 Å². The summed E-state index contributed by atoms with van der Waals surface area (Å²) in [6.07, 6.45) is -0.615. The molecule has 4 nitrogen and oxygen atoms in total. The van der Waals surface area contributed by atoms with Gasteiger partial charge in [0.1, 0.15) is 0 Å². The lowest BCUT2D eigenvalue weighted by Crippen LogP contribution is -2.26. The molecule has 0 aromatic heterocycles. The van der Waals surface area contributed by atoms with Gasteiger partial charge in [-0.15, -0.1) is 0 Å². The van der Waals surface area contributed by atoms with Crippen LogP contribution >= 0.6 is 0 Å². The largest absolute Gasteiger partial charge is 0.387 e. The van der Waals surface area contributed by atoms with E-state index in [0.29, 0.717) is 0 Å². The molecule has 4 heteroatoms. The quantitative estimate of drug-likeness (QED) is 0.719. The van der Waals surface area contributed by atoms with Gasteiger partial charge < -0.3 is 5.11 Å². The average molecular weight is 197 g/mol. The lowest BCUT2D eigenvalue weighted by Gasteiger charge is -2.19. The van der Waals surface area contributed by atoms with Gasteiger partial charge in [-0.1, -0.05) is 35.6 Å². The highest BCUT2D eigenvalue weighted by molar-refractivity contribution is 5.17. The molecule has 1 unspecified atom stereocenters. The first-order valence-electron chi connectivity index (χ1n) is 4.36. The molecule has 0 aliphatic rings. The van der Waals surface area contributed by atoms with E-state index in [0.717, 1.165) is 5.56 Å². The zero-order valence-electron chi connectivity index (χ0n) is 8.38. The fourth-order valence-corrected chi connectivity index (χ4v) is 1.15. The van der Waals surface area contributed by atoms with E-state index in [2.05, 4.69) is 0 Å². The van der Waals surface area contributed by atoms with Crippen molar-refractivity contribution in [2.75, 3.05) is 20.8 Å². The van der Waals surface area contributed by atoms with Crippen LogP contribution in [-0.2, 0) is 9.68 Å². The van der Waals surface area contributed by atoms with E-state index in [9.17, 15) is 5.11 Å². The maximum atomic E-state index is 9.75. The second kappa shape index (κ2) is 5.72. The van der Waals surface area contributed by atoms with Crippen LogP contribution in [0.2, 0.25) is 0 Å². The summed E-state index contributed by atoms with van der Waals surface area (Å²) in [4.78, 5) is 9.69. The van der Waals surface area contributed by atoms with Crippen LogP contribution in [0.4, 0.5) is 0 Å². The minimum absolute atomic E-state index is 0.275. The fraction of sp³-hybridized carbons (Fsp3) is 0.400. The number of hydrogen-bond acceptors (Lipinski definition) is 4. The van der Waals surface area contributed by atoms with Gasteiger partial charge in [-0.05, 0) is 5.56 Å². The molecule has 0 amide bonds. The van der Waals surface area contributed by atoms with Crippen LogP contribution in [0.5, 0.6) is 0 Å². The van der Waals surface area contributed by atoms with Crippen LogP contribution in [0.3, 0.4) is 0 Å². The Labute approximate surface area is 83.6 Å². The zero-order chi connectivity index (χ0) is 10.4. The van der Waals surface area contributed by atoms with Gasteiger partial charge in [0.15, 0.2) is 0 Å². The topological polar surface area (TPSA) is 41.9 Å². The molecule has 0 saturated heterocycles. The normalized spacial score (nSPS) is 13.1. The second-order valence-corrected chi connectivity index (χ2v) is 2.81. The number of hydroxylamine groups is 2. The van der Waals surface area contributed by atoms with E-state index < -0.39 is 6.10 Å². The van der Waals surface area contributed by atoms with Crippen molar-refractivity contribution in [1.82, 2.24) is 5.23 Å². The molecule has 1 aromatic carbocycles. The number of benzene rings is 1. The molecule has 1 rings (SSSR count). The SMILES string of the molecule is CON(CC(O)c1ccccc1)OC. The first-order valence-corrected chi connectivity index (χ1v) is 4.36. The van der Waals surface area contributed by atoms with Gasteiger partial charge in [-0.25, -0.2) is 0 Å². The Morgan fingerprint density at radius 2 is 1.79 bits per heavy atom. The molecule has 1 atom stereocenters. The third kappa shape index (κ3) is 3.08. The summed E-state index contributed by atoms with van der Waals surface area (Å²) in [6.45, 7) is 0.275. The maximum Gasteiger partial charge on any atom is 0.0965 e.